The normalized spacial score (nSPS) is 11.4. The first-order chi connectivity index (χ1) is 8.86. The number of benzene rings is 2. The Balaban J connectivity index is 2.49. The Labute approximate surface area is 107 Å². The summed E-state index contributed by atoms with van der Waals surface area (Å²) in [5.41, 5.74) is 0.931. The van der Waals surface area contributed by atoms with Crippen LogP contribution in [0.5, 0.6) is 5.75 Å². The second-order valence-electron chi connectivity index (χ2n) is 3.73. The van der Waals surface area contributed by atoms with E-state index in [0.29, 0.717) is 0 Å². The highest BCUT2D eigenvalue weighted by atomic mass is 16.5. The quantitative estimate of drug-likeness (QED) is 0.574. The molecule has 0 aliphatic heterocycles. The average Bonchev–Trinajstić information content (AvgIpc) is 2.43. The van der Waals surface area contributed by atoms with Crippen molar-refractivity contribution in [1.29, 1.82) is 0 Å². The summed E-state index contributed by atoms with van der Waals surface area (Å²) in [7, 11) is 1.68. The second kappa shape index (κ2) is 5.82. The van der Waals surface area contributed by atoms with Gasteiger partial charge in [0.2, 0.25) is 0 Å². The Morgan fingerprint density at radius 1 is 1.06 bits per heavy atom. The van der Waals surface area contributed by atoms with E-state index in [-0.39, 0.29) is 0 Å². The van der Waals surface area contributed by atoms with Gasteiger partial charge in [-0.1, -0.05) is 43.0 Å². The molecule has 2 aromatic rings. The fourth-order valence-electron chi connectivity index (χ4n) is 1.80. The summed E-state index contributed by atoms with van der Waals surface area (Å²) in [4.78, 5) is 4.43. The van der Waals surface area contributed by atoms with Crippen molar-refractivity contribution in [1.82, 2.24) is 0 Å². The predicted octanol–water partition coefficient (Wildman–Crippen LogP) is 4.29. The maximum Gasteiger partial charge on any atom is 0.126 e. The van der Waals surface area contributed by atoms with Crippen molar-refractivity contribution in [3.8, 4) is 5.75 Å². The van der Waals surface area contributed by atoms with E-state index in [1.165, 1.54) is 0 Å². The molecule has 0 saturated carbocycles. The number of fused-ring (bicyclic) bond motifs is 1. The van der Waals surface area contributed by atoms with E-state index in [9.17, 15) is 0 Å². The molecule has 0 fully saturated rings. The van der Waals surface area contributed by atoms with E-state index in [4.69, 9.17) is 4.74 Å². The molecule has 2 nitrogen and oxygen atoms in total. The summed E-state index contributed by atoms with van der Waals surface area (Å²) in [6.45, 7) is 3.61. The standard InChI is InChI=1S/C16H15NO/c1-3-4-7-12-17-15-10-11-16(18-2)14-9-6-5-8-13(14)15/h3-12H,1H2,2H3/b7-4-,17-12?. The van der Waals surface area contributed by atoms with Gasteiger partial charge in [-0.25, -0.2) is 0 Å². The first kappa shape index (κ1) is 12.1. The number of allylic oxidation sites excluding steroid dienone is 3. The van der Waals surface area contributed by atoms with Crippen molar-refractivity contribution in [3.05, 3.63) is 61.2 Å². The zero-order valence-electron chi connectivity index (χ0n) is 10.3. The van der Waals surface area contributed by atoms with E-state index in [1.807, 2.05) is 48.6 Å². The molecule has 0 aromatic heterocycles. The fraction of sp³-hybridized carbons (Fsp3) is 0.0625. The summed E-state index contributed by atoms with van der Waals surface area (Å²) in [6, 6.07) is 12.0. The maximum atomic E-state index is 5.35. The van der Waals surface area contributed by atoms with Crippen LogP contribution in [-0.2, 0) is 0 Å². The van der Waals surface area contributed by atoms with Gasteiger partial charge in [0.25, 0.3) is 0 Å². The molecule has 18 heavy (non-hydrogen) atoms. The van der Waals surface area contributed by atoms with Crippen LogP contribution in [-0.4, -0.2) is 13.3 Å². The van der Waals surface area contributed by atoms with Crippen LogP contribution in [0.1, 0.15) is 0 Å². The highest BCUT2D eigenvalue weighted by Crippen LogP contribution is 2.32. The molecule has 2 heteroatoms. The Morgan fingerprint density at radius 3 is 2.56 bits per heavy atom. The van der Waals surface area contributed by atoms with Gasteiger partial charge in [-0.3, -0.25) is 4.99 Å². The molecule has 0 radical (unpaired) electrons. The van der Waals surface area contributed by atoms with Crippen LogP contribution in [0.4, 0.5) is 5.69 Å². The summed E-state index contributed by atoms with van der Waals surface area (Å²) in [6.07, 6.45) is 7.18. The lowest BCUT2D eigenvalue weighted by molar-refractivity contribution is 0.420. The van der Waals surface area contributed by atoms with Crippen molar-refractivity contribution in [2.45, 2.75) is 0 Å². The van der Waals surface area contributed by atoms with Crippen LogP contribution < -0.4 is 4.74 Å². The monoisotopic (exact) mass is 237 g/mol. The third kappa shape index (κ3) is 2.48. The molecule has 0 amide bonds. The highest BCUT2D eigenvalue weighted by Gasteiger charge is 2.03. The van der Waals surface area contributed by atoms with Crippen molar-refractivity contribution in [2.75, 3.05) is 7.11 Å². The summed E-state index contributed by atoms with van der Waals surface area (Å²) >= 11 is 0. The van der Waals surface area contributed by atoms with Gasteiger partial charge in [-0.2, -0.15) is 0 Å². The number of hydrogen-bond donors (Lipinski definition) is 0. The Hall–Kier alpha value is -2.35. The zero-order valence-corrected chi connectivity index (χ0v) is 10.3. The fourth-order valence-corrected chi connectivity index (χ4v) is 1.80. The van der Waals surface area contributed by atoms with Gasteiger partial charge in [0.15, 0.2) is 0 Å². The molecule has 0 saturated heterocycles. The van der Waals surface area contributed by atoms with Gasteiger partial charge in [-0.05, 0) is 18.2 Å². The SMILES string of the molecule is C=C/C=C\C=Nc1ccc(OC)c2ccccc12. The van der Waals surface area contributed by atoms with Gasteiger partial charge in [0.05, 0.1) is 12.8 Å². The highest BCUT2D eigenvalue weighted by molar-refractivity contribution is 5.98. The van der Waals surface area contributed by atoms with Gasteiger partial charge in [-0.15, -0.1) is 0 Å². The van der Waals surface area contributed by atoms with Gasteiger partial charge < -0.3 is 4.74 Å². The van der Waals surface area contributed by atoms with Crippen molar-refractivity contribution in [3.63, 3.8) is 0 Å². The Kier molecular flexibility index (Phi) is 3.92. The van der Waals surface area contributed by atoms with Crippen molar-refractivity contribution >= 4 is 22.7 Å². The third-order valence-corrected chi connectivity index (χ3v) is 2.63. The number of aliphatic imine (C=N–C) groups is 1. The van der Waals surface area contributed by atoms with Crippen LogP contribution in [0.2, 0.25) is 0 Å². The summed E-state index contributed by atoms with van der Waals surface area (Å²) in [5, 5.41) is 2.16. The smallest absolute Gasteiger partial charge is 0.126 e. The van der Waals surface area contributed by atoms with Crippen LogP contribution >= 0.6 is 0 Å². The molecule has 0 bridgehead atoms. The van der Waals surface area contributed by atoms with E-state index < -0.39 is 0 Å². The minimum atomic E-state index is 0.867. The summed E-state index contributed by atoms with van der Waals surface area (Å²) < 4.78 is 5.35. The van der Waals surface area contributed by atoms with Crippen molar-refractivity contribution < 1.29 is 4.74 Å². The molecular formula is C16H15NO. The minimum Gasteiger partial charge on any atom is -0.496 e. The van der Waals surface area contributed by atoms with Crippen LogP contribution in [0.3, 0.4) is 0 Å². The van der Waals surface area contributed by atoms with Gasteiger partial charge >= 0.3 is 0 Å². The molecule has 0 spiro atoms. The number of hydrogen-bond acceptors (Lipinski definition) is 2. The maximum absolute atomic E-state index is 5.35. The van der Waals surface area contributed by atoms with E-state index in [1.54, 1.807) is 19.4 Å². The van der Waals surface area contributed by atoms with E-state index in [2.05, 4.69) is 11.6 Å². The summed E-state index contributed by atoms with van der Waals surface area (Å²) in [5.74, 6) is 0.867. The number of nitrogens with zero attached hydrogens (tertiary/aromatic N) is 1. The molecule has 2 rings (SSSR count). The lowest BCUT2D eigenvalue weighted by atomic mass is 10.1. The lowest BCUT2D eigenvalue weighted by Crippen LogP contribution is -1.84. The second-order valence-corrected chi connectivity index (χ2v) is 3.73. The average molecular weight is 237 g/mol. The van der Waals surface area contributed by atoms with Gasteiger partial charge in [0.1, 0.15) is 5.75 Å². The van der Waals surface area contributed by atoms with E-state index in [0.717, 1.165) is 22.2 Å². The topological polar surface area (TPSA) is 21.6 Å². The Bertz CT molecular complexity index is 612. The molecule has 0 aliphatic rings. The number of rotatable bonds is 4. The molecule has 0 N–H and O–H groups in total. The Morgan fingerprint density at radius 2 is 1.83 bits per heavy atom. The largest absolute Gasteiger partial charge is 0.496 e. The zero-order chi connectivity index (χ0) is 12.8. The third-order valence-electron chi connectivity index (χ3n) is 2.63. The van der Waals surface area contributed by atoms with Crippen molar-refractivity contribution in [2.24, 2.45) is 4.99 Å². The van der Waals surface area contributed by atoms with Crippen LogP contribution in [0.15, 0.2) is 66.2 Å². The van der Waals surface area contributed by atoms with E-state index >= 15 is 0 Å². The van der Waals surface area contributed by atoms with Gasteiger partial charge in [0, 0.05) is 17.0 Å². The molecule has 0 heterocycles. The van der Waals surface area contributed by atoms with Crippen LogP contribution in [0.25, 0.3) is 10.8 Å². The molecule has 0 unspecified atom stereocenters. The lowest BCUT2D eigenvalue weighted by Gasteiger charge is -2.07. The minimum absolute atomic E-state index is 0.867. The molecule has 0 atom stereocenters. The first-order valence-corrected chi connectivity index (χ1v) is 5.74. The molecule has 2 aromatic carbocycles. The van der Waals surface area contributed by atoms with Crippen LogP contribution in [0, 0.1) is 0 Å². The number of methoxy groups -OCH3 is 1. The molecular weight excluding hydrogens is 222 g/mol. The molecule has 90 valence electrons. The molecule has 0 aliphatic carbocycles. The predicted molar refractivity (Wildman–Crippen MR) is 78.0 cm³/mol. The first-order valence-electron chi connectivity index (χ1n) is 5.74. The number of ether oxygens (including phenoxy) is 1.